The highest BCUT2D eigenvalue weighted by Crippen LogP contribution is 2.26. The van der Waals surface area contributed by atoms with Crippen LogP contribution >= 0.6 is 0 Å². The van der Waals surface area contributed by atoms with E-state index < -0.39 is 17.5 Å². The molecule has 0 bridgehead atoms. The highest BCUT2D eigenvalue weighted by molar-refractivity contribution is 5.96. The van der Waals surface area contributed by atoms with Gasteiger partial charge in [0.2, 0.25) is 5.88 Å². The first kappa shape index (κ1) is 19.1. The van der Waals surface area contributed by atoms with Crippen molar-refractivity contribution in [2.24, 2.45) is 0 Å². The predicted octanol–water partition coefficient (Wildman–Crippen LogP) is 3.80. The van der Waals surface area contributed by atoms with Crippen LogP contribution in [-0.4, -0.2) is 23.1 Å². The third-order valence-corrected chi connectivity index (χ3v) is 3.79. The minimum atomic E-state index is -0.723. The molecule has 0 radical (unpaired) electrons. The lowest BCUT2D eigenvalue weighted by molar-refractivity contribution is 0.0947. The van der Waals surface area contributed by atoms with Crippen molar-refractivity contribution in [1.82, 2.24) is 10.3 Å². The van der Waals surface area contributed by atoms with Crippen LogP contribution in [0.4, 0.5) is 8.78 Å². The maximum absolute atomic E-state index is 13.8. The highest BCUT2D eigenvalue weighted by Gasteiger charge is 2.17. The van der Waals surface area contributed by atoms with Gasteiger partial charge in [0.15, 0.2) is 0 Å². The van der Waals surface area contributed by atoms with Crippen molar-refractivity contribution in [3.05, 3.63) is 77.5 Å². The lowest BCUT2D eigenvalue weighted by Gasteiger charge is -2.12. The van der Waals surface area contributed by atoms with Gasteiger partial charge in [-0.25, -0.2) is 13.8 Å². The number of aromatic nitrogens is 1. The SMILES string of the molecule is COc1cccc(Oc2ncc(F)cc2C(=O)NCc2ccc(O)cc2F)c1. The Bertz CT molecular complexity index is 1010. The Balaban J connectivity index is 1.80. The zero-order valence-corrected chi connectivity index (χ0v) is 14.8. The van der Waals surface area contributed by atoms with Gasteiger partial charge in [-0.2, -0.15) is 0 Å². The summed E-state index contributed by atoms with van der Waals surface area (Å²) in [5.41, 5.74) is 0.00721. The number of aromatic hydroxyl groups is 1. The topological polar surface area (TPSA) is 80.7 Å². The smallest absolute Gasteiger partial charge is 0.257 e. The number of phenolic OH excluding ortho intramolecular Hbond substituents is 1. The zero-order valence-electron chi connectivity index (χ0n) is 14.8. The molecule has 2 aromatic carbocycles. The molecule has 3 aromatic rings. The molecule has 0 spiro atoms. The standard InChI is InChI=1S/C20H16F2N2O4/c1-27-15-3-2-4-16(9-15)28-20-17(7-13(21)11-24-20)19(26)23-10-12-5-6-14(25)8-18(12)22/h2-9,11,25H,10H2,1H3,(H,23,26). The number of pyridine rings is 1. The normalized spacial score (nSPS) is 10.4. The fraction of sp³-hybridized carbons (Fsp3) is 0.100. The Kier molecular flexibility index (Phi) is 5.69. The second kappa shape index (κ2) is 8.34. The number of nitrogens with zero attached hydrogens (tertiary/aromatic N) is 1. The van der Waals surface area contributed by atoms with Gasteiger partial charge in [-0.1, -0.05) is 12.1 Å². The first-order chi connectivity index (χ1) is 13.5. The van der Waals surface area contributed by atoms with Crippen molar-refractivity contribution < 1.29 is 28.2 Å². The molecule has 3 rings (SSSR count). The third kappa shape index (κ3) is 4.53. The van der Waals surface area contributed by atoms with Gasteiger partial charge in [0.1, 0.15) is 34.4 Å². The lowest BCUT2D eigenvalue weighted by Crippen LogP contribution is -2.24. The maximum atomic E-state index is 13.8. The van der Waals surface area contributed by atoms with E-state index in [0.717, 1.165) is 18.3 Å². The summed E-state index contributed by atoms with van der Waals surface area (Å²) >= 11 is 0. The Morgan fingerprint density at radius 1 is 1.14 bits per heavy atom. The minimum Gasteiger partial charge on any atom is -0.508 e. The predicted molar refractivity (Wildman–Crippen MR) is 96.5 cm³/mol. The van der Waals surface area contributed by atoms with Crippen LogP contribution in [0.15, 0.2) is 54.7 Å². The molecule has 0 atom stereocenters. The molecule has 0 saturated carbocycles. The molecule has 0 aliphatic rings. The molecule has 0 fully saturated rings. The van der Waals surface area contributed by atoms with Gasteiger partial charge in [0.25, 0.3) is 5.91 Å². The van der Waals surface area contributed by atoms with Crippen molar-refractivity contribution in [2.45, 2.75) is 6.54 Å². The molecule has 2 N–H and O–H groups in total. The van der Waals surface area contributed by atoms with Crippen LogP contribution in [0.5, 0.6) is 23.1 Å². The summed E-state index contributed by atoms with van der Waals surface area (Å²) < 4.78 is 38.1. The number of halogens is 2. The van der Waals surface area contributed by atoms with Crippen LogP contribution in [0.1, 0.15) is 15.9 Å². The summed E-state index contributed by atoms with van der Waals surface area (Å²) in [6.07, 6.45) is 0.923. The van der Waals surface area contributed by atoms with Crippen LogP contribution in [0.3, 0.4) is 0 Å². The van der Waals surface area contributed by atoms with E-state index in [9.17, 15) is 18.7 Å². The molecule has 1 aromatic heterocycles. The molecule has 0 aliphatic heterocycles. The van der Waals surface area contributed by atoms with Crippen LogP contribution in [0.2, 0.25) is 0 Å². The quantitative estimate of drug-likeness (QED) is 0.674. The number of benzene rings is 2. The molecule has 28 heavy (non-hydrogen) atoms. The zero-order chi connectivity index (χ0) is 20.1. The Labute approximate surface area is 159 Å². The third-order valence-electron chi connectivity index (χ3n) is 3.79. The summed E-state index contributed by atoms with van der Waals surface area (Å²) in [5.74, 6) is -1.55. The van der Waals surface area contributed by atoms with E-state index in [4.69, 9.17) is 9.47 Å². The number of amides is 1. The monoisotopic (exact) mass is 386 g/mol. The fourth-order valence-corrected chi connectivity index (χ4v) is 2.40. The van der Waals surface area contributed by atoms with Crippen LogP contribution in [0, 0.1) is 11.6 Å². The van der Waals surface area contributed by atoms with E-state index in [0.29, 0.717) is 11.5 Å². The minimum absolute atomic E-state index is 0.113. The second-order valence-electron chi connectivity index (χ2n) is 5.75. The summed E-state index contributed by atoms with van der Waals surface area (Å²) in [5, 5.41) is 11.7. The summed E-state index contributed by atoms with van der Waals surface area (Å²) in [6, 6.07) is 11.1. The van der Waals surface area contributed by atoms with E-state index in [1.54, 1.807) is 24.3 Å². The number of carbonyl (C=O) groups excluding carboxylic acids is 1. The number of ether oxygens (including phenoxy) is 2. The van der Waals surface area contributed by atoms with Gasteiger partial charge in [-0.15, -0.1) is 0 Å². The number of carbonyl (C=O) groups is 1. The van der Waals surface area contributed by atoms with Crippen molar-refractivity contribution in [3.63, 3.8) is 0 Å². The van der Waals surface area contributed by atoms with Crippen molar-refractivity contribution in [2.75, 3.05) is 7.11 Å². The second-order valence-corrected chi connectivity index (χ2v) is 5.75. The van der Waals surface area contributed by atoms with Gasteiger partial charge in [0, 0.05) is 24.2 Å². The van der Waals surface area contributed by atoms with Crippen molar-refractivity contribution in [1.29, 1.82) is 0 Å². The van der Waals surface area contributed by atoms with Crippen LogP contribution in [0.25, 0.3) is 0 Å². The van der Waals surface area contributed by atoms with Crippen molar-refractivity contribution >= 4 is 5.91 Å². The molecule has 1 heterocycles. The first-order valence-corrected chi connectivity index (χ1v) is 8.19. The molecule has 0 unspecified atom stereocenters. The van der Waals surface area contributed by atoms with Gasteiger partial charge >= 0.3 is 0 Å². The largest absolute Gasteiger partial charge is 0.508 e. The van der Waals surface area contributed by atoms with Crippen LogP contribution < -0.4 is 14.8 Å². The maximum Gasteiger partial charge on any atom is 0.257 e. The number of methoxy groups -OCH3 is 1. The molecule has 144 valence electrons. The van der Waals surface area contributed by atoms with Gasteiger partial charge < -0.3 is 19.9 Å². The van der Waals surface area contributed by atoms with E-state index in [1.807, 2.05) is 0 Å². The highest BCUT2D eigenvalue weighted by atomic mass is 19.1. The molecule has 1 amide bonds. The Hall–Kier alpha value is -3.68. The molecule has 0 saturated heterocycles. The average Bonchev–Trinajstić information content (AvgIpc) is 2.68. The summed E-state index contributed by atoms with van der Waals surface area (Å²) in [7, 11) is 1.50. The first-order valence-electron chi connectivity index (χ1n) is 8.19. The molecule has 6 nitrogen and oxygen atoms in total. The van der Waals surface area contributed by atoms with Crippen molar-refractivity contribution in [3.8, 4) is 23.1 Å². The van der Waals surface area contributed by atoms with Gasteiger partial charge in [-0.3, -0.25) is 4.79 Å². The number of rotatable bonds is 6. The summed E-state index contributed by atoms with van der Waals surface area (Å²) in [6.45, 7) is -0.167. The number of phenols is 1. The van der Waals surface area contributed by atoms with E-state index in [-0.39, 0.29) is 29.3 Å². The molecule has 8 heteroatoms. The Morgan fingerprint density at radius 2 is 1.93 bits per heavy atom. The molecule has 0 aliphatic carbocycles. The Morgan fingerprint density at radius 3 is 2.68 bits per heavy atom. The van der Waals surface area contributed by atoms with E-state index in [2.05, 4.69) is 10.3 Å². The van der Waals surface area contributed by atoms with E-state index >= 15 is 0 Å². The number of hydrogen-bond donors (Lipinski definition) is 2. The molecular formula is C20H16F2N2O4. The van der Waals surface area contributed by atoms with Gasteiger partial charge in [-0.05, 0) is 24.3 Å². The number of hydrogen-bond acceptors (Lipinski definition) is 5. The molecular weight excluding hydrogens is 370 g/mol. The lowest BCUT2D eigenvalue weighted by atomic mass is 10.2. The van der Waals surface area contributed by atoms with Crippen LogP contribution in [-0.2, 0) is 6.54 Å². The average molecular weight is 386 g/mol. The number of nitrogens with one attached hydrogen (secondary N) is 1. The summed E-state index contributed by atoms with van der Waals surface area (Å²) in [4.78, 5) is 16.3. The van der Waals surface area contributed by atoms with E-state index in [1.165, 1.54) is 19.2 Å². The van der Waals surface area contributed by atoms with Gasteiger partial charge in [0.05, 0.1) is 13.3 Å². The fourth-order valence-electron chi connectivity index (χ4n) is 2.40.